The van der Waals surface area contributed by atoms with E-state index in [1.54, 1.807) is 18.2 Å². The molecule has 0 aliphatic carbocycles. The first-order valence-corrected chi connectivity index (χ1v) is 17.8. The molecule has 1 unspecified atom stereocenters. The van der Waals surface area contributed by atoms with Gasteiger partial charge in [0.15, 0.2) is 0 Å². The maximum atomic E-state index is 13.7. The summed E-state index contributed by atoms with van der Waals surface area (Å²) in [5.41, 5.74) is 5.03. The minimum Gasteiger partial charge on any atom is -0.444 e. The van der Waals surface area contributed by atoms with Gasteiger partial charge in [0, 0.05) is 67.0 Å². The zero-order chi connectivity index (χ0) is 35.4. The molecule has 3 N–H and O–H groups in total. The fraction of sp³-hybridized carbons (Fsp3) is 0.500. The Bertz CT molecular complexity index is 1870. The summed E-state index contributed by atoms with van der Waals surface area (Å²) in [5.74, 6) is -1.29. The summed E-state index contributed by atoms with van der Waals surface area (Å²) in [6, 6.07) is 10.9. The smallest absolute Gasteiger partial charge is 0.410 e. The van der Waals surface area contributed by atoms with Crippen LogP contribution in [0.15, 0.2) is 36.4 Å². The molecule has 0 saturated carbocycles. The second-order valence-corrected chi connectivity index (χ2v) is 15.2. The van der Waals surface area contributed by atoms with Crippen molar-refractivity contribution in [3.8, 4) is 0 Å². The predicted molar refractivity (Wildman–Crippen MR) is 189 cm³/mol. The van der Waals surface area contributed by atoms with Crippen molar-refractivity contribution >= 4 is 52.0 Å². The number of aromatic amines is 1. The molecule has 5 amide bonds. The first-order chi connectivity index (χ1) is 23.8. The van der Waals surface area contributed by atoms with Gasteiger partial charge in [-0.25, -0.2) is 4.79 Å². The van der Waals surface area contributed by atoms with E-state index in [1.807, 2.05) is 32.6 Å². The van der Waals surface area contributed by atoms with Crippen LogP contribution in [0.3, 0.4) is 0 Å². The van der Waals surface area contributed by atoms with E-state index in [1.165, 1.54) is 4.90 Å². The second kappa shape index (κ2) is 12.8. The molecule has 4 aliphatic heterocycles. The van der Waals surface area contributed by atoms with Crippen LogP contribution in [0.1, 0.15) is 98.2 Å². The fourth-order valence-corrected chi connectivity index (χ4v) is 8.08. The summed E-state index contributed by atoms with van der Waals surface area (Å²) < 4.78 is 5.59. The van der Waals surface area contributed by atoms with Crippen LogP contribution in [0.25, 0.3) is 10.9 Å². The molecule has 2 aromatic carbocycles. The third kappa shape index (κ3) is 6.43. The number of aromatic nitrogens is 1. The molecule has 50 heavy (non-hydrogen) atoms. The zero-order valence-electron chi connectivity index (χ0n) is 29.3. The van der Waals surface area contributed by atoms with Crippen molar-refractivity contribution in [1.29, 1.82) is 0 Å². The highest BCUT2D eigenvalue weighted by molar-refractivity contribution is 6.09. The number of nitrogens with zero attached hydrogens (tertiary/aromatic N) is 3. The number of carbonyl (C=O) groups excluding carboxylic acids is 5. The van der Waals surface area contributed by atoms with Gasteiger partial charge in [-0.05, 0) is 106 Å². The monoisotopic (exact) mass is 682 g/mol. The van der Waals surface area contributed by atoms with E-state index in [4.69, 9.17) is 4.74 Å². The topological polar surface area (TPSA) is 144 Å². The van der Waals surface area contributed by atoms with Gasteiger partial charge in [-0.3, -0.25) is 24.5 Å². The predicted octanol–water partition coefficient (Wildman–Crippen LogP) is 5.36. The maximum absolute atomic E-state index is 13.7. The van der Waals surface area contributed by atoms with Crippen molar-refractivity contribution in [2.45, 2.75) is 90.8 Å². The number of likely N-dealkylation sites (tertiary alicyclic amines) is 1. The molecule has 4 aliphatic rings. The van der Waals surface area contributed by atoms with E-state index in [0.29, 0.717) is 29.8 Å². The quantitative estimate of drug-likeness (QED) is 0.308. The number of benzene rings is 2. The normalized spacial score (nSPS) is 20.7. The van der Waals surface area contributed by atoms with Crippen LogP contribution >= 0.6 is 0 Å². The number of hydrogen-bond donors (Lipinski definition) is 3. The van der Waals surface area contributed by atoms with Crippen molar-refractivity contribution < 1.29 is 28.7 Å². The minimum atomic E-state index is -0.691. The Morgan fingerprint density at radius 2 is 1.70 bits per heavy atom. The van der Waals surface area contributed by atoms with Crippen LogP contribution in [0.5, 0.6) is 0 Å². The molecule has 3 fully saturated rings. The summed E-state index contributed by atoms with van der Waals surface area (Å²) in [5, 5.41) is 6.36. The Morgan fingerprint density at radius 3 is 2.38 bits per heavy atom. The highest BCUT2D eigenvalue weighted by Crippen LogP contribution is 2.43. The molecule has 3 aromatic rings. The van der Waals surface area contributed by atoms with Crippen LogP contribution in [-0.2, 0) is 27.3 Å². The summed E-state index contributed by atoms with van der Waals surface area (Å²) in [6.45, 7) is 11.3. The lowest BCUT2D eigenvalue weighted by atomic mass is 9.71. The van der Waals surface area contributed by atoms with Crippen molar-refractivity contribution in [2.24, 2.45) is 5.41 Å². The number of imide groups is 1. The molecule has 3 saturated heterocycles. The zero-order valence-corrected chi connectivity index (χ0v) is 29.3. The number of anilines is 2. The van der Waals surface area contributed by atoms with Crippen LogP contribution < -0.4 is 15.5 Å². The lowest BCUT2D eigenvalue weighted by Gasteiger charge is -2.47. The first kappa shape index (κ1) is 33.6. The highest BCUT2D eigenvalue weighted by atomic mass is 16.6. The van der Waals surface area contributed by atoms with Crippen molar-refractivity contribution in [3.63, 3.8) is 0 Å². The third-order valence-corrected chi connectivity index (χ3v) is 10.9. The number of H-pyrrole nitrogens is 1. The molecule has 0 bridgehead atoms. The Hall–Kier alpha value is -4.87. The molecular weight excluding hydrogens is 636 g/mol. The number of aryl methyl sites for hydroxylation is 1. The molecular formula is C38H46N6O6. The Kier molecular flexibility index (Phi) is 8.60. The van der Waals surface area contributed by atoms with E-state index in [-0.39, 0.29) is 42.2 Å². The van der Waals surface area contributed by atoms with Crippen LogP contribution in [0.2, 0.25) is 0 Å². The van der Waals surface area contributed by atoms with Crippen LogP contribution in [0.4, 0.5) is 16.2 Å². The van der Waals surface area contributed by atoms with E-state index >= 15 is 0 Å². The Morgan fingerprint density at radius 1 is 0.980 bits per heavy atom. The molecule has 1 aromatic heterocycles. The number of amides is 5. The average Bonchev–Trinajstić information content (AvgIpc) is 3.61. The fourth-order valence-electron chi connectivity index (χ4n) is 8.08. The van der Waals surface area contributed by atoms with Gasteiger partial charge in [0.1, 0.15) is 17.3 Å². The van der Waals surface area contributed by atoms with Crippen molar-refractivity contribution in [2.75, 3.05) is 36.4 Å². The molecule has 0 radical (unpaired) electrons. The Balaban J connectivity index is 1.000. The molecule has 264 valence electrons. The minimum absolute atomic E-state index is 0.194. The molecule has 7 rings (SSSR count). The van der Waals surface area contributed by atoms with E-state index < -0.39 is 17.6 Å². The van der Waals surface area contributed by atoms with E-state index in [9.17, 15) is 24.0 Å². The third-order valence-electron chi connectivity index (χ3n) is 10.9. The van der Waals surface area contributed by atoms with E-state index in [0.717, 1.165) is 79.6 Å². The summed E-state index contributed by atoms with van der Waals surface area (Å²) in [6.07, 6.45) is 5.08. The van der Waals surface area contributed by atoms with Gasteiger partial charge in [-0.1, -0.05) is 13.0 Å². The van der Waals surface area contributed by atoms with Gasteiger partial charge in [-0.15, -0.1) is 0 Å². The number of nitrogens with one attached hydrogen (secondary N) is 3. The van der Waals surface area contributed by atoms with Crippen LogP contribution in [0, 0.1) is 5.41 Å². The van der Waals surface area contributed by atoms with Gasteiger partial charge in [0.25, 0.3) is 11.8 Å². The molecule has 12 heteroatoms. The number of ether oxygens (including phenoxy) is 1. The first-order valence-electron chi connectivity index (χ1n) is 17.8. The van der Waals surface area contributed by atoms with Gasteiger partial charge < -0.3 is 29.7 Å². The van der Waals surface area contributed by atoms with Gasteiger partial charge in [0.05, 0.1) is 0 Å². The van der Waals surface area contributed by atoms with Crippen molar-refractivity contribution in [1.82, 2.24) is 20.1 Å². The van der Waals surface area contributed by atoms with Gasteiger partial charge in [-0.2, -0.15) is 0 Å². The molecule has 12 nitrogen and oxygen atoms in total. The summed E-state index contributed by atoms with van der Waals surface area (Å²) in [7, 11) is 0. The van der Waals surface area contributed by atoms with Crippen molar-refractivity contribution in [3.05, 3.63) is 58.8 Å². The van der Waals surface area contributed by atoms with E-state index in [2.05, 4.69) is 38.7 Å². The number of fused-ring (bicyclic) bond motifs is 2. The lowest BCUT2D eigenvalue weighted by molar-refractivity contribution is -0.136. The summed E-state index contributed by atoms with van der Waals surface area (Å²) in [4.78, 5) is 72.5. The largest absolute Gasteiger partial charge is 0.444 e. The Labute approximate surface area is 291 Å². The SMILES string of the molecule is CCc1c(C(=O)Nc2ccc3c(c2)CN(C2CCC(=O)NC2=O)C3=O)[nH]c2cc(N3CCC4(CCN(C(=O)OC(C)(C)C)CC4)CC3)ccc12. The maximum Gasteiger partial charge on any atom is 0.410 e. The average molecular weight is 683 g/mol. The number of hydrogen-bond acceptors (Lipinski definition) is 7. The second-order valence-electron chi connectivity index (χ2n) is 15.2. The van der Waals surface area contributed by atoms with Crippen LogP contribution in [-0.4, -0.2) is 82.3 Å². The standard InChI is InChI=1S/C38H46N6O6/c1-5-26-28-9-7-25(42-16-12-38(13-17-42)14-18-43(19-15-38)36(49)50-37(2,3)4)21-29(28)40-32(26)34(47)39-24-6-8-27-23(20-24)22-44(35(27)48)30-10-11-31(45)41-33(30)46/h6-9,20-21,30,40H,5,10-19,22H2,1-4H3,(H,39,47)(H,41,45,46). The van der Waals surface area contributed by atoms with Gasteiger partial charge >= 0.3 is 6.09 Å². The highest BCUT2D eigenvalue weighted by Gasteiger charge is 2.41. The lowest BCUT2D eigenvalue weighted by Crippen LogP contribution is -2.52. The molecule has 1 spiro atoms. The number of rotatable bonds is 5. The summed E-state index contributed by atoms with van der Waals surface area (Å²) >= 11 is 0. The molecule has 1 atom stereocenters. The van der Waals surface area contributed by atoms with Gasteiger partial charge in [0.2, 0.25) is 11.8 Å². The number of piperidine rings is 3. The molecule has 5 heterocycles. The number of carbonyl (C=O) groups is 5.